The summed E-state index contributed by atoms with van der Waals surface area (Å²) in [6.45, 7) is 0. The lowest BCUT2D eigenvalue weighted by molar-refractivity contribution is -0.124. The average Bonchev–Trinajstić information content (AvgIpc) is 2.79. The molecule has 0 unspecified atom stereocenters. The van der Waals surface area contributed by atoms with E-state index in [1.54, 1.807) is 60.8 Å². The molecule has 8 heteroatoms. The molecule has 0 saturated heterocycles. The number of nitrogens with one attached hydrogen (secondary N) is 2. The monoisotopic (exact) mass is 405 g/mol. The fraction of sp³-hybridized carbons (Fsp3) is 0.0455. The van der Waals surface area contributed by atoms with Gasteiger partial charge in [-0.25, -0.2) is 5.48 Å². The molecule has 0 fully saturated rings. The number of nitrogens with zero attached hydrogens (tertiary/aromatic N) is 1. The van der Waals surface area contributed by atoms with Gasteiger partial charge >= 0.3 is 0 Å². The van der Waals surface area contributed by atoms with Crippen molar-refractivity contribution in [3.63, 3.8) is 0 Å². The predicted octanol–water partition coefficient (Wildman–Crippen LogP) is 3.65. The van der Waals surface area contributed by atoms with Crippen molar-refractivity contribution in [1.29, 1.82) is 0 Å². The summed E-state index contributed by atoms with van der Waals surface area (Å²) >= 11 is 0. The Labute approximate surface area is 172 Å². The summed E-state index contributed by atoms with van der Waals surface area (Å²) in [5.41, 5.74) is 2.90. The summed E-state index contributed by atoms with van der Waals surface area (Å²) in [6.07, 6.45) is 5.71. The van der Waals surface area contributed by atoms with Crippen LogP contribution in [0.1, 0.15) is 15.9 Å². The molecule has 0 aliphatic carbocycles. The first-order chi connectivity index (χ1) is 14.6. The van der Waals surface area contributed by atoms with E-state index >= 15 is 0 Å². The molecule has 0 saturated carbocycles. The lowest BCUT2D eigenvalue weighted by Crippen LogP contribution is -2.15. The maximum absolute atomic E-state index is 12.9. The van der Waals surface area contributed by atoms with Gasteiger partial charge in [-0.2, -0.15) is 0 Å². The summed E-state index contributed by atoms with van der Waals surface area (Å²) in [4.78, 5) is 28.2. The Morgan fingerprint density at radius 3 is 2.57 bits per heavy atom. The zero-order valence-corrected chi connectivity index (χ0v) is 16.0. The Kier molecular flexibility index (Phi) is 6.75. The number of carbonyl (C=O) groups excluding carboxylic acids is 2. The molecule has 0 aliphatic heterocycles. The van der Waals surface area contributed by atoms with Crippen molar-refractivity contribution in [3.8, 4) is 17.2 Å². The van der Waals surface area contributed by atoms with Crippen LogP contribution in [0.15, 0.2) is 73.1 Å². The van der Waals surface area contributed by atoms with Crippen molar-refractivity contribution >= 4 is 23.6 Å². The predicted molar refractivity (Wildman–Crippen MR) is 111 cm³/mol. The Bertz CT molecular complexity index is 1080. The minimum absolute atomic E-state index is 0.309. The van der Waals surface area contributed by atoms with Crippen molar-refractivity contribution in [2.45, 2.75) is 0 Å². The number of ether oxygens (including phenoxy) is 2. The van der Waals surface area contributed by atoms with Crippen molar-refractivity contribution in [2.75, 3.05) is 12.4 Å². The molecule has 0 spiro atoms. The molecule has 2 amide bonds. The molecule has 0 aliphatic rings. The normalized spacial score (nSPS) is 10.5. The fourth-order valence-electron chi connectivity index (χ4n) is 2.62. The van der Waals surface area contributed by atoms with Gasteiger partial charge in [0.1, 0.15) is 5.75 Å². The van der Waals surface area contributed by atoms with Crippen LogP contribution in [0.25, 0.3) is 6.08 Å². The third kappa shape index (κ3) is 5.00. The van der Waals surface area contributed by atoms with Crippen LogP contribution < -0.4 is 20.3 Å². The second-order valence-corrected chi connectivity index (χ2v) is 5.98. The van der Waals surface area contributed by atoms with Crippen LogP contribution in [-0.4, -0.2) is 29.1 Å². The van der Waals surface area contributed by atoms with Crippen molar-refractivity contribution < 1.29 is 24.3 Å². The van der Waals surface area contributed by atoms with Gasteiger partial charge in [0, 0.05) is 24.0 Å². The highest BCUT2D eigenvalue weighted by Gasteiger charge is 2.15. The van der Waals surface area contributed by atoms with E-state index in [1.807, 2.05) is 0 Å². The number of hydrogen-bond acceptors (Lipinski definition) is 6. The van der Waals surface area contributed by atoms with Gasteiger partial charge in [0.25, 0.3) is 11.8 Å². The summed E-state index contributed by atoms with van der Waals surface area (Å²) in [5, 5.41) is 11.4. The zero-order valence-electron chi connectivity index (χ0n) is 16.0. The first kappa shape index (κ1) is 20.6. The van der Waals surface area contributed by atoms with Crippen LogP contribution in [0.4, 0.5) is 5.69 Å². The molecular formula is C22H19N3O5. The van der Waals surface area contributed by atoms with Gasteiger partial charge in [0.2, 0.25) is 0 Å². The van der Waals surface area contributed by atoms with Gasteiger partial charge in [-0.1, -0.05) is 30.3 Å². The van der Waals surface area contributed by atoms with Crippen LogP contribution >= 0.6 is 0 Å². The van der Waals surface area contributed by atoms with Gasteiger partial charge in [-0.05, 0) is 29.8 Å². The summed E-state index contributed by atoms with van der Waals surface area (Å²) in [5.74, 6) is 0.121. The maximum Gasteiger partial charge on any atom is 0.267 e. The maximum atomic E-state index is 12.9. The molecule has 2 aromatic carbocycles. The van der Waals surface area contributed by atoms with Crippen molar-refractivity contribution in [1.82, 2.24) is 10.5 Å². The molecule has 8 nitrogen and oxygen atoms in total. The second-order valence-electron chi connectivity index (χ2n) is 5.98. The first-order valence-corrected chi connectivity index (χ1v) is 8.89. The van der Waals surface area contributed by atoms with Gasteiger partial charge < -0.3 is 14.8 Å². The molecule has 3 N–H and O–H groups in total. The Morgan fingerprint density at radius 2 is 1.77 bits per heavy atom. The van der Waals surface area contributed by atoms with Crippen LogP contribution in [0.2, 0.25) is 0 Å². The molecule has 3 rings (SSSR count). The SMILES string of the molecule is COc1cnccc1Oc1ccccc1C(=O)Nc1ccccc1C=CC(=O)NO. The molecule has 3 aromatic rings. The van der Waals surface area contributed by atoms with Gasteiger partial charge in [0.05, 0.1) is 18.9 Å². The number of anilines is 1. The van der Waals surface area contributed by atoms with E-state index in [2.05, 4.69) is 10.3 Å². The number of methoxy groups -OCH3 is 1. The van der Waals surface area contributed by atoms with Crippen LogP contribution in [0.5, 0.6) is 17.2 Å². The lowest BCUT2D eigenvalue weighted by atomic mass is 10.1. The average molecular weight is 405 g/mol. The van der Waals surface area contributed by atoms with Crippen molar-refractivity contribution in [3.05, 3.63) is 84.2 Å². The molecule has 1 heterocycles. The minimum Gasteiger partial charge on any atom is -0.491 e. The number of benzene rings is 2. The molecule has 0 bridgehead atoms. The molecule has 30 heavy (non-hydrogen) atoms. The topological polar surface area (TPSA) is 110 Å². The van der Waals surface area contributed by atoms with E-state index in [-0.39, 0.29) is 0 Å². The van der Waals surface area contributed by atoms with Crippen LogP contribution in [-0.2, 0) is 4.79 Å². The largest absolute Gasteiger partial charge is 0.491 e. The quantitative estimate of drug-likeness (QED) is 0.314. The van der Waals surface area contributed by atoms with Crippen molar-refractivity contribution in [2.24, 2.45) is 0 Å². The highest BCUT2D eigenvalue weighted by molar-refractivity contribution is 6.07. The number of hydroxylamine groups is 1. The number of pyridine rings is 1. The van der Waals surface area contributed by atoms with Gasteiger partial charge in [0.15, 0.2) is 11.5 Å². The molecule has 0 atom stereocenters. The van der Waals surface area contributed by atoms with E-state index in [9.17, 15) is 9.59 Å². The lowest BCUT2D eigenvalue weighted by Gasteiger charge is -2.14. The standard InChI is InChI=1S/C22H19N3O5/c1-29-20-14-23-13-12-19(20)30-18-9-5-3-7-16(18)22(27)24-17-8-4-2-6-15(17)10-11-21(26)25-28/h2-14,28H,1H3,(H,24,27)(H,25,26). The smallest absolute Gasteiger partial charge is 0.267 e. The molecule has 152 valence electrons. The highest BCUT2D eigenvalue weighted by atomic mass is 16.5. The Morgan fingerprint density at radius 1 is 1.00 bits per heavy atom. The highest BCUT2D eigenvalue weighted by Crippen LogP contribution is 2.32. The fourth-order valence-corrected chi connectivity index (χ4v) is 2.62. The van der Waals surface area contributed by atoms with E-state index in [0.29, 0.717) is 34.1 Å². The van der Waals surface area contributed by atoms with E-state index in [0.717, 1.165) is 6.08 Å². The second kappa shape index (κ2) is 9.85. The molecule has 0 radical (unpaired) electrons. The summed E-state index contributed by atoms with van der Waals surface area (Å²) in [6, 6.07) is 15.4. The minimum atomic E-state index is -0.679. The number of para-hydroxylation sites is 2. The van der Waals surface area contributed by atoms with E-state index in [1.165, 1.54) is 24.9 Å². The Balaban J connectivity index is 1.86. The van der Waals surface area contributed by atoms with Gasteiger partial charge in [-0.15, -0.1) is 0 Å². The van der Waals surface area contributed by atoms with Crippen LogP contribution in [0.3, 0.4) is 0 Å². The van der Waals surface area contributed by atoms with E-state index in [4.69, 9.17) is 14.7 Å². The summed E-state index contributed by atoms with van der Waals surface area (Å²) in [7, 11) is 1.50. The number of rotatable bonds is 7. The molecular weight excluding hydrogens is 386 g/mol. The number of carbonyl (C=O) groups is 2. The first-order valence-electron chi connectivity index (χ1n) is 8.89. The zero-order chi connectivity index (χ0) is 21.3. The number of hydrogen-bond donors (Lipinski definition) is 3. The third-order valence-electron chi connectivity index (χ3n) is 4.05. The Hall–Kier alpha value is -4.17. The third-order valence-corrected chi connectivity index (χ3v) is 4.05. The summed E-state index contributed by atoms with van der Waals surface area (Å²) < 4.78 is 11.1. The number of amides is 2. The van der Waals surface area contributed by atoms with Crippen LogP contribution in [0, 0.1) is 0 Å². The molecule has 1 aromatic heterocycles. The number of aromatic nitrogens is 1. The van der Waals surface area contributed by atoms with E-state index < -0.39 is 11.8 Å². The van der Waals surface area contributed by atoms with Gasteiger partial charge in [-0.3, -0.25) is 19.8 Å².